The average molecular weight is 923 g/mol. The van der Waals surface area contributed by atoms with Crippen LogP contribution in [0.4, 0.5) is 9.59 Å². The van der Waals surface area contributed by atoms with E-state index in [1.165, 1.54) is 51.4 Å². The molecule has 4 N–H and O–H groups in total. The molecule has 4 aromatic carbocycles. The Morgan fingerprint density at radius 3 is 1.01 bits per heavy atom. The molecule has 4 aromatic rings. The average Bonchev–Trinajstić information content (AvgIpc) is 3.36. The maximum atomic E-state index is 13.1. The number of rotatable bonds is 32. The summed E-state index contributed by atoms with van der Waals surface area (Å²) >= 11 is 0. The second kappa shape index (κ2) is 35.6. The van der Waals surface area contributed by atoms with Gasteiger partial charge in [0.1, 0.15) is 25.3 Å². The highest BCUT2D eigenvalue weighted by atomic mass is 16.6. The van der Waals surface area contributed by atoms with Crippen LogP contribution in [-0.4, -0.2) is 49.2 Å². The summed E-state index contributed by atoms with van der Waals surface area (Å²) in [6.07, 6.45) is 19.3. The Hall–Kier alpha value is -6.52. The molecule has 0 aromatic heterocycles. The lowest BCUT2D eigenvalue weighted by Gasteiger charge is -2.18. The zero-order valence-corrected chi connectivity index (χ0v) is 40.1. The summed E-state index contributed by atoms with van der Waals surface area (Å²) in [5.41, 5.74) is 3.71. The zero-order chi connectivity index (χ0) is 48.0. The molecule has 0 aliphatic carbocycles. The highest BCUT2D eigenvalue weighted by Gasteiger charge is 2.23. The summed E-state index contributed by atoms with van der Waals surface area (Å²) in [7, 11) is 0. The van der Waals surface area contributed by atoms with Crippen molar-refractivity contribution in [3.63, 3.8) is 0 Å². The summed E-state index contributed by atoms with van der Waals surface area (Å²) in [5.74, 6) is 12.1. The standard InChI is InChI=1S/C58H74N4O6/c63-55(53(45-49-35-25-21-26-36-49)61-57(65)67-47-51-39-29-23-30-40-51)59-43-33-19-17-15-13-11-9-7-5-3-1-2-4-6-8-10-12-14-16-18-20-34-44-60-56(64)54(46-50-37-27-22-28-38-50)62-58(66)68-48-52-41-31-24-32-42-52/h21-32,35-42,53-54H,5-20,33-34,43-48H2,(H,59,63)(H,60,64)(H,61,65)(H,62,66)/t53-,54-/m0/s1. The third-order valence-electron chi connectivity index (χ3n) is 11.5. The van der Waals surface area contributed by atoms with Crippen molar-refractivity contribution in [2.24, 2.45) is 0 Å². The molecule has 0 saturated heterocycles. The first kappa shape index (κ1) is 54.1. The monoisotopic (exact) mass is 923 g/mol. The Bertz CT molecular complexity index is 1960. The molecule has 0 radical (unpaired) electrons. The van der Waals surface area contributed by atoms with E-state index in [9.17, 15) is 19.2 Å². The molecule has 10 heteroatoms. The van der Waals surface area contributed by atoms with Crippen LogP contribution in [-0.2, 0) is 45.1 Å². The van der Waals surface area contributed by atoms with Gasteiger partial charge in [-0.3, -0.25) is 9.59 Å². The van der Waals surface area contributed by atoms with Gasteiger partial charge in [0.15, 0.2) is 0 Å². The van der Waals surface area contributed by atoms with E-state index in [-0.39, 0.29) is 25.0 Å². The van der Waals surface area contributed by atoms with Crippen LogP contribution >= 0.6 is 0 Å². The van der Waals surface area contributed by atoms with Crippen molar-refractivity contribution in [3.05, 3.63) is 144 Å². The van der Waals surface area contributed by atoms with Crippen LogP contribution in [0.3, 0.4) is 0 Å². The first-order valence-corrected chi connectivity index (χ1v) is 25.0. The number of ether oxygens (including phenoxy) is 2. The van der Waals surface area contributed by atoms with Crippen molar-refractivity contribution in [2.75, 3.05) is 13.1 Å². The van der Waals surface area contributed by atoms with E-state index in [4.69, 9.17) is 9.47 Å². The van der Waals surface area contributed by atoms with Crippen molar-refractivity contribution in [1.29, 1.82) is 0 Å². The molecule has 0 unspecified atom stereocenters. The zero-order valence-electron chi connectivity index (χ0n) is 40.1. The van der Waals surface area contributed by atoms with Gasteiger partial charge in [-0.25, -0.2) is 9.59 Å². The fourth-order valence-electron chi connectivity index (χ4n) is 7.61. The molecule has 2 atom stereocenters. The van der Waals surface area contributed by atoms with Crippen molar-refractivity contribution >= 4 is 24.0 Å². The number of benzene rings is 4. The summed E-state index contributed by atoms with van der Waals surface area (Å²) in [6, 6.07) is 36.9. The molecule has 0 aliphatic heterocycles. The Labute approximate surface area is 406 Å². The minimum absolute atomic E-state index is 0.147. The van der Waals surface area contributed by atoms with E-state index in [2.05, 4.69) is 44.9 Å². The quantitative estimate of drug-likeness (QED) is 0.0285. The topological polar surface area (TPSA) is 135 Å². The van der Waals surface area contributed by atoms with Crippen LogP contribution in [0, 0.1) is 23.7 Å². The first-order valence-electron chi connectivity index (χ1n) is 25.0. The van der Waals surface area contributed by atoms with Crippen LogP contribution in [0.5, 0.6) is 0 Å². The third-order valence-corrected chi connectivity index (χ3v) is 11.5. The van der Waals surface area contributed by atoms with Gasteiger partial charge in [-0.05, 0) is 59.8 Å². The molecule has 4 rings (SSSR count). The minimum Gasteiger partial charge on any atom is -0.445 e. The number of amides is 4. The predicted molar refractivity (Wildman–Crippen MR) is 272 cm³/mol. The third kappa shape index (κ3) is 26.0. The van der Waals surface area contributed by atoms with Crippen LogP contribution in [0.15, 0.2) is 121 Å². The van der Waals surface area contributed by atoms with Gasteiger partial charge in [0.2, 0.25) is 11.8 Å². The van der Waals surface area contributed by atoms with E-state index in [0.717, 1.165) is 86.5 Å². The molecule has 0 saturated carbocycles. The molecule has 4 amide bonds. The smallest absolute Gasteiger partial charge is 0.408 e. The second-order valence-electron chi connectivity index (χ2n) is 17.2. The van der Waals surface area contributed by atoms with E-state index in [1.54, 1.807) is 0 Å². The first-order chi connectivity index (χ1) is 33.5. The molecule has 0 bridgehead atoms. The molecule has 0 heterocycles. The van der Waals surface area contributed by atoms with Crippen LogP contribution in [0.1, 0.15) is 138 Å². The van der Waals surface area contributed by atoms with E-state index >= 15 is 0 Å². The van der Waals surface area contributed by atoms with Crippen molar-refractivity contribution in [2.45, 2.75) is 154 Å². The van der Waals surface area contributed by atoms with Gasteiger partial charge in [0.25, 0.3) is 0 Å². The predicted octanol–water partition coefficient (Wildman–Crippen LogP) is 11.3. The summed E-state index contributed by atoms with van der Waals surface area (Å²) in [5, 5.41) is 11.6. The van der Waals surface area contributed by atoms with Gasteiger partial charge in [0.05, 0.1) is 0 Å². The fraction of sp³-hybridized carbons (Fsp3) is 0.448. The molecule has 0 fully saturated rings. The number of carbonyl (C=O) groups excluding carboxylic acids is 4. The number of hydrogen-bond donors (Lipinski definition) is 4. The highest BCUT2D eigenvalue weighted by Crippen LogP contribution is 2.12. The lowest BCUT2D eigenvalue weighted by molar-refractivity contribution is -0.123. The number of hydrogen-bond acceptors (Lipinski definition) is 6. The maximum absolute atomic E-state index is 13.1. The van der Waals surface area contributed by atoms with Gasteiger partial charge in [-0.15, -0.1) is 0 Å². The lowest BCUT2D eigenvalue weighted by atomic mass is 10.1. The van der Waals surface area contributed by atoms with Gasteiger partial charge in [0, 0.05) is 38.8 Å². The number of alkyl carbamates (subject to hydrolysis) is 2. The molecule has 362 valence electrons. The van der Waals surface area contributed by atoms with Crippen molar-refractivity contribution in [1.82, 2.24) is 21.3 Å². The Morgan fingerprint density at radius 2 is 0.676 bits per heavy atom. The molecule has 0 aliphatic rings. The van der Waals surface area contributed by atoms with Gasteiger partial charge >= 0.3 is 12.2 Å². The van der Waals surface area contributed by atoms with E-state index in [0.29, 0.717) is 25.9 Å². The molecular weight excluding hydrogens is 849 g/mol. The summed E-state index contributed by atoms with van der Waals surface area (Å²) in [4.78, 5) is 51.2. The van der Waals surface area contributed by atoms with Crippen LogP contribution in [0.25, 0.3) is 0 Å². The highest BCUT2D eigenvalue weighted by molar-refractivity contribution is 5.86. The maximum Gasteiger partial charge on any atom is 0.408 e. The van der Waals surface area contributed by atoms with Crippen molar-refractivity contribution in [3.8, 4) is 23.7 Å². The van der Waals surface area contributed by atoms with Crippen LogP contribution in [0.2, 0.25) is 0 Å². The van der Waals surface area contributed by atoms with Gasteiger partial charge in [-0.2, -0.15) is 0 Å². The Kier molecular flexibility index (Phi) is 28.4. The minimum atomic E-state index is -0.715. The fourth-order valence-corrected chi connectivity index (χ4v) is 7.61. The van der Waals surface area contributed by atoms with Gasteiger partial charge < -0.3 is 30.7 Å². The normalized spacial score (nSPS) is 11.4. The molecule has 68 heavy (non-hydrogen) atoms. The number of nitrogens with one attached hydrogen (secondary N) is 4. The molecule has 10 nitrogen and oxygen atoms in total. The second-order valence-corrected chi connectivity index (χ2v) is 17.2. The van der Waals surface area contributed by atoms with Gasteiger partial charge in [-0.1, -0.05) is 210 Å². The Morgan fingerprint density at radius 1 is 0.382 bits per heavy atom. The Balaban J connectivity index is 0.921. The number of unbranched alkanes of at least 4 members (excludes halogenated alkanes) is 16. The lowest BCUT2D eigenvalue weighted by Crippen LogP contribution is -2.48. The largest absolute Gasteiger partial charge is 0.445 e. The van der Waals surface area contributed by atoms with Crippen LogP contribution < -0.4 is 21.3 Å². The summed E-state index contributed by atoms with van der Waals surface area (Å²) < 4.78 is 10.8. The SMILES string of the molecule is O=C(N[C@@H](Cc1ccccc1)C(=O)NCCCCCCCCCCC#CC#CCCCCCCCCCCNC(=O)[C@H](Cc1ccccc1)NC(=O)OCc1ccccc1)OCc1ccccc1. The van der Waals surface area contributed by atoms with E-state index in [1.807, 2.05) is 121 Å². The number of carbonyl (C=O) groups is 4. The molecular formula is C58H74N4O6. The summed E-state index contributed by atoms with van der Waals surface area (Å²) in [6.45, 7) is 1.45. The van der Waals surface area contributed by atoms with E-state index < -0.39 is 24.3 Å². The van der Waals surface area contributed by atoms with Crippen molar-refractivity contribution < 1.29 is 28.7 Å². The molecule has 0 spiro atoms.